The van der Waals surface area contributed by atoms with Crippen LogP contribution in [0.1, 0.15) is 0 Å². The van der Waals surface area contributed by atoms with E-state index >= 15 is 0 Å². The minimum Gasteiger partial charge on any atom is -0.226 e. The Labute approximate surface area is 330 Å². The second kappa shape index (κ2) is 13.4. The Morgan fingerprint density at radius 2 is 0.804 bits per heavy atom. The van der Waals surface area contributed by atoms with Gasteiger partial charge in [-0.05, 0) is 23.3 Å². The molecule has 0 bridgehead atoms. The number of hydrogen-bond donors (Lipinski definition) is 0. The van der Waals surface area contributed by atoms with E-state index in [0.717, 1.165) is 65.9 Å². The van der Waals surface area contributed by atoms with E-state index in [0.29, 0.717) is 17.5 Å². The molecule has 56 heavy (non-hydrogen) atoms. The van der Waals surface area contributed by atoms with Gasteiger partial charge in [-0.1, -0.05) is 164 Å². The van der Waals surface area contributed by atoms with Crippen molar-refractivity contribution >= 4 is 63.1 Å². The molecule has 0 aliphatic carbocycles. The van der Waals surface area contributed by atoms with Gasteiger partial charge in [0.2, 0.25) is 0 Å². The van der Waals surface area contributed by atoms with Crippen molar-refractivity contribution in [3.8, 4) is 67.9 Å². The predicted molar refractivity (Wildman–Crippen MR) is 234 cm³/mol. The molecule has 0 N–H and O–H groups in total. The molecule has 5 nitrogen and oxygen atoms in total. The summed E-state index contributed by atoms with van der Waals surface area (Å²) in [6, 6.07) is 60.9. The number of aromatic nitrogens is 5. The minimum atomic E-state index is 0.652. The van der Waals surface area contributed by atoms with Crippen molar-refractivity contribution in [3.05, 3.63) is 176 Å². The van der Waals surface area contributed by atoms with Crippen LogP contribution >= 0.6 is 22.7 Å². The van der Waals surface area contributed by atoms with Gasteiger partial charge in [-0.15, -0.1) is 22.7 Å². The molecule has 0 amide bonds. The average molecular weight is 752 g/mol. The van der Waals surface area contributed by atoms with Crippen molar-refractivity contribution in [1.82, 2.24) is 24.9 Å². The molecule has 0 unspecified atom stereocenters. The topological polar surface area (TPSA) is 64.5 Å². The van der Waals surface area contributed by atoms with Gasteiger partial charge in [0, 0.05) is 58.1 Å². The van der Waals surface area contributed by atoms with Crippen LogP contribution in [0.4, 0.5) is 0 Å². The predicted octanol–water partition coefficient (Wildman–Crippen LogP) is 13.4. The van der Waals surface area contributed by atoms with Crippen molar-refractivity contribution in [3.63, 3.8) is 0 Å². The van der Waals surface area contributed by atoms with Crippen LogP contribution in [0, 0.1) is 0 Å². The van der Waals surface area contributed by atoms with Crippen molar-refractivity contribution in [2.45, 2.75) is 0 Å². The van der Waals surface area contributed by atoms with Crippen LogP contribution < -0.4 is 0 Å². The summed E-state index contributed by atoms with van der Waals surface area (Å²) in [6.07, 6.45) is 0. The first-order valence-electron chi connectivity index (χ1n) is 18.4. The minimum absolute atomic E-state index is 0.652. The lowest BCUT2D eigenvalue weighted by Crippen LogP contribution is -2.00. The fraction of sp³-hybridized carbons (Fsp3) is 0. The molecule has 0 saturated heterocycles. The van der Waals surface area contributed by atoms with E-state index in [1.807, 2.05) is 90.2 Å². The van der Waals surface area contributed by atoms with Gasteiger partial charge in [-0.25, -0.2) is 24.9 Å². The largest absolute Gasteiger partial charge is 0.226 e. The van der Waals surface area contributed by atoms with E-state index in [1.165, 1.54) is 25.0 Å². The van der Waals surface area contributed by atoms with Gasteiger partial charge in [0.15, 0.2) is 23.3 Å². The highest BCUT2D eigenvalue weighted by molar-refractivity contribution is 7.26. The summed E-state index contributed by atoms with van der Waals surface area (Å²) in [7, 11) is 0. The molecule has 0 aliphatic heterocycles. The molecule has 11 rings (SSSR count). The molecule has 0 spiro atoms. The van der Waals surface area contributed by atoms with Gasteiger partial charge in [0.1, 0.15) is 0 Å². The zero-order chi connectivity index (χ0) is 37.0. The third-order valence-electron chi connectivity index (χ3n) is 10.2. The summed E-state index contributed by atoms with van der Waals surface area (Å²) < 4.78 is 4.72. The molecule has 7 heteroatoms. The van der Waals surface area contributed by atoms with Crippen LogP contribution in [-0.4, -0.2) is 24.9 Å². The lowest BCUT2D eigenvalue weighted by atomic mass is 9.99. The zero-order valence-electron chi connectivity index (χ0n) is 29.8. The molecule has 0 atom stereocenters. The molecule has 0 radical (unpaired) electrons. The summed E-state index contributed by atoms with van der Waals surface area (Å²) in [5, 5.41) is 3.49. The first kappa shape index (κ1) is 32.5. The fourth-order valence-corrected chi connectivity index (χ4v) is 9.92. The highest BCUT2D eigenvalue weighted by atomic mass is 32.1. The normalized spacial score (nSPS) is 11.6. The van der Waals surface area contributed by atoms with Gasteiger partial charge >= 0.3 is 0 Å². The average Bonchev–Trinajstić information content (AvgIpc) is 3.86. The molecule has 7 aromatic carbocycles. The maximum atomic E-state index is 5.19. The van der Waals surface area contributed by atoms with Gasteiger partial charge < -0.3 is 0 Å². The third kappa shape index (κ3) is 5.56. The Balaban J connectivity index is 1.04. The Hall–Kier alpha value is -6.93. The van der Waals surface area contributed by atoms with Crippen molar-refractivity contribution in [2.24, 2.45) is 0 Å². The van der Waals surface area contributed by atoms with Crippen molar-refractivity contribution < 1.29 is 0 Å². The van der Waals surface area contributed by atoms with Gasteiger partial charge in [0.05, 0.1) is 15.9 Å². The molecule has 0 aliphatic rings. The molecule has 4 aromatic heterocycles. The standard InChI is InChI=1S/C49H29N5S2/c1-4-14-32(15-5-1)46-50-42(45-43(51-46)36-20-10-11-24-39(36)55-45)31-28-26-30(27-29-31)35-21-12-22-37-41-38(23-13-25-40(41)56-44(35)37)49-53-47(33-16-6-2-7-17-33)52-48(54-49)34-18-8-3-9-19-34/h1-29H. The zero-order valence-corrected chi connectivity index (χ0v) is 31.4. The summed E-state index contributed by atoms with van der Waals surface area (Å²) in [5.74, 6) is 2.69. The maximum absolute atomic E-state index is 5.19. The van der Waals surface area contributed by atoms with Crippen LogP contribution in [0.25, 0.3) is 108 Å². The Bertz CT molecular complexity index is 3170. The summed E-state index contributed by atoms with van der Waals surface area (Å²) >= 11 is 3.56. The first-order chi connectivity index (χ1) is 27.7. The molecular formula is C49H29N5S2. The van der Waals surface area contributed by atoms with Crippen LogP contribution in [0.15, 0.2) is 176 Å². The lowest BCUT2D eigenvalue weighted by Gasteiger charge is -2.10. The maximum Gasteiger partial charge on any atom is 0.164 e. The Morgan fingerprint density at radius 1 is 0.304 bits per heavy atom. The van der Waals surface area contributed by atoms with E-state index in [2.05, 4.69) is 97.1 Å². The molecule has 4 heterocycles. The lowest BCUT2D eigenvalue weighted by molar-refractivity contribution is 1.08. The van der Waals surface area contributed by atoms with E-state index in [9.17, 15) is 0 Å². The molecular weight excluding hydrogens is 723 g/mol. The monoisotopic (exact) mass is 751 g/mol. The third-order valence-corrected chi connectivity index (χ3v) is 12.6. The number of fused-ring (bicyclic) bond motifs is 6. The van der Waals surface area contributed by atoms with Crippen LogP contribution in [0.5, 0.6) is 0 Å². The molecule has 11 aromatic rings. The number of nitrogens with zero attached hydrogens (tertiary/aromatic N) is 5. The van der Waals surface area contributed by atoms with Crippen LogP contribution in [0.3, 0.4) is 0 Å². The van der Waals surface area contributed by atoms with E-state index < -0.39 is 0 Å². The van der Waals surface area contributed by atoms with E-state index in [1.54, 1.807) is 11.3 Å². The first-order valence-corrected chi connectivity index (χ1v) is 20.1. The van der Waals surface area contributed by atoms with Gasteiger partial charge in [-0.2, -0.15) is 0 Å². The van der Waals surface area contributed by atoms with Gasteiger partial charge in [-0.3, -0.25) is 0 Å². The number of benzene rings is 7. The highest BCUT2D eigenvalue weighted by Crippen LogP contribution is 2.45. The van der Waals surface area contributed by atoms with Crippen molar-refractivity contribution in [2.75, 3.05) is 0 Å². The quantitative estimate of drug-likeness (QED) is 0.169. The Kier molecular flexibility index (Phi) is 7.79. The van der Waals surface area contributed by atoms with E-state index in [4.69, 9.17) is 24.9 Å². The van der Waals surface area contributed by atoms with Gasteiger partial charge in [0.25, 0.3) is 0 Å². The summed E-state index contributed by atoms with van der Waals surface area (Å²) in [6.45, 7) is 0. The molecule has 262 valence electrons. The number of thiophene rings is 2. The fourth-order valence-electron chi connectivity index (χ4n) is 7.50. The Morgan fingerprint density at radius 3 is 1.48 bits per heavy atom. The van der Waals surface area contributed by atoms with Crippen LogP contribution in [-0.2, 0) is 0 Å². The highest BCUT2D eigenvalue weighted by Gasteiger charge is 2.20. The van der Waals surface area contributed by atoms with E-state index in [-0.39, 0.29) is 0 Å². The molecule has 0 saturated carbocycles. The smallest absolute Gasteiger partial charge is 0.164 e. The number of rotatable bonds is 6. The van der Waals surface area contributed by atoms with Crippen molar-refractivity contribution in [1.29, 1.82) is 0 Å². The number of hydrogen-bond acceptors (Lipinski definition) is 7. The second-order valence-corrected chi connectivity index (χ2v) is 15.7. The summed E-state index contributed by atoms with van der Waals surface area (Å²) in [4.78, 5) is 25.4. The molecule has 0 fully saturated rings. The van der Waals surface area contributed by atoms with Crippen LogP contribution in [0.2, 0.25) is 0 Å². The second-order valence-electron chi connectivity index (χ2n) is 13.6. The SMILES string of the molecule is c1ccc(-c2nc(-c3ccccc3)nc(-c3cccc4sc5c(-c6ccc(-c7nc(-c8ccccc8)nc8c7sc7ccccc78)cc6)cccc5c34)n2)cc1. The summed E-state index contributed by atoms with van der Waals surface area (Å²) in [5.41, 5.74) is 9.24.